The van der Waals surface area contributed by atoms with E-state index in [9.17, 15) is 9.59 Å². The van der Waals surface area contributed by atoms with Crippen molar-refractivity contribution < 1.29 is 14.3 Å². The molecule has 1 N–H and O–H groups in total. The molecule has 0 aromatic heterocycles. The van der Waals surface area contributed by atoms with Gasteiger partial charge in [-0.3, -0.25) is 9.59 Å². The lowest BCUT2D eigenvalue weighted by atomic mass is 10.0. The number of para-hydroxylation sites is 1. The third kappa shape index (κ3) is 5.47. The van der Waals surface area contributed by atoms with Gasteiger partial charge in [-0.05, 0) is 35.7 Å². The molecule has 6 heteroatoms. The minimum Gasteiger partial charge on any atom is -0.495 e. The van der Waals surface area contributed by atoms with E-state index in [1.54, 1.807) is 23.1 Å². The Morgan fingerprint density at radius 3 is 2.48 bits per heavy atom. The Kier molecular flexibility index (Phi) is 7.25. The summed E-state index contributed by atoms with van der Waals surface area (Å²) >= 11 is 6.08. The molecule has 0 fully saturated rings. The van der Waals surface area contributed by atoms with Crippen molar-refractivity contribution in [1.82, 2.24) is 0 Å². The molecule has 5 nitrogen and oxygen atoms in total. The van der Waals surface area contributed by atoms with E-state index >= 15 is 0 Å². The number of hydrogen-bond acceptors (Lipinski definition) is 3. The Morgan fingerprint density at radius 1 is 1.19 bits per heavy atom. The number of amides is 2. The van der Waals surface area contributed by atoms with Crippen molar-refractivity contribution in [3.8, 4) is 5.75 Å². The molecular weight excluding hydrogens is 364 g/mol. The van der Waals surface area contributed by atoms with Gasteiger partial charge in [0.05, 0.1) is 12.1 Å². The van der Waals surface area contributed by atoms with E-state index in [1.807, 2.05) is 24.3 Å². The normalized spacial score (nSPS) is 10.6. The molecule has 0 aliphatic carbocycles. The minimum atomic E-state index is -0.190. The molecule has 0 heterocycles. The van der Waals surface area contributed by atoms with E-state index in [-0.39, 0.29) is 24.2 Å². The quantitative estimate of drug-likeness (QED) is 0.737. The second-order valence-corrected chi connectivity index (χ2v) is 6.94. The van der Waals surface area contributed by atoms with E-state index in [0.29, 0.717) is 23.0 Å². The highest BCUT2D eigenvalue weighted by Gasteiger charge is 2.18. The van der Waals surface area contributed by atoms with Crippen molar-refractivity contribution >= 4 is 34.8 Å². The first-order chi connectivity index (χ1) is 12.8. The molecule has 2 amide bonds. The van der Waals surface area contributed by atoms with Crippen LogP contribution in [-0.2, 0) is 9.59 Å². The van der Waals surface area contributed by atoms with Crippen molar-refractivity contribution in [3.63, 3.8) is 0 Å². The van der Waals surface area contributed by atoms with Crippen LogP contribution < -0.4 is 15.0 Å². The predicted molar refractivity (Wildman–Crippen MR) is 110 cm³/mol. The standard InChI is InChI=1S/C21H25ClN2O3/c1-14(2)17-7-5-6-8-19(17)24(15(3)25)12-11-21(26)23-16-9-10-20(27-4)18(22)13-16/h5-10,13-14H,11-12H2,1-4H3,(H,23,26). The molecule has 0 unspecified atom stereocenters. The van der Waals surface area contributed by atoms with Crippen LogP contribution in [0.3, 0.4) is 0 Å². The molecule has 0 aliphatic heterocycles. The number of nitrogens with one attached hydrogen (secondary N) is 1. The minimum absolute atomic E-state index is 0.0941. The number of carbonyl (C=O) groups excluding carboxylic acids is 2. The zero-order chi connectivity index (χ0) is 20.0. The van der Waals surface area contributed by atoms with Crippen LogP contribution in [0.4, 0.5) is 11.4 Å². The highest BCUT2D eigenvalue weighted by atomic mass is 35.5. The van der Waals surface area contributed by atoms with Crippen LogP contribution in [0, 0.1) is 0 Å². The van der Waals surface area contributed by atoms with Gasteiger partial charge in [-0.1, -0.05) is 43.6 Å². The molecule has 0 bridgehead atoms. The lowest BCUT2D eigenvalue weighted by Gasteiger charge is -2.25. The Bertz CT molecular complexity index is 821. The molecule has 0 aliphatic rings. The van der Waals surface area contributed by atoms with Crippen LogP contribution in [0.1, 0.15) is 38.7 Å². The number of methoxy groups -OCH3 is 1. The number of hydrogen-bond donors (Lipinski definition) is 1. The van der Waals surface area contributed by atoms with Crippen LogP contribution in [0.5, 0.6) is 5.75 Å². The van der Waals surface area contributed by atoms with Crippen LogP contribution in [0.15, 0.2) is 42.5 Å². The average molecular weight is 389 g/mol. The summed E-state index contributed by atoms with van der Waals surface area (Å²) in [5.41, 5.74) is 2.51. The number of halogens is 1. The third-order valence-corrected chi connectivity index (χ3v) is 4.52. The highest BCUT2D eigenvalue weighted by molar-refractivity contribution is 6.32. The lowest BCUT2D eigenvalue weighted by molar-refractivity contribution is -0.117. The van der Waals surface area contributed by atoms with Gasteiger partial charge in [0.2, 0.25) is 11.8 Å². The van der Waals surface area contributed by atoms with Gasteiger partial charge < -0.3 is 15.0 Å². The maximum Gasteiger partial charge on any atom is 0.226 e. The summed E-state index contributed by atoms with van der Waals surface area (Å²) in [6.45, 7) is 5.97. The summed E-state index contributed by atoms with van der Waals surface area (Å²) < 4.78 is 5.10. The molecule has 0 atom stereocenters. The van der Waals surface area contributed by atoms with Crippen molar-refractivity contribution in [2.45, 2.75) is 33.1 Å². The number of ether oxygens (including phenoxy) is 1. The molecule has 2 aromatic rings. The van der Waals surface area contributed by atoms with Gasteiger partial charge in [-0.25, -0.2) is 0 Å². The Labute approximate surface area is 165 Å². The second-order valence-electron chi connectivity index (χ2n) is 6.53. The summed E-state index contributed by atoms with van der Waals surface area (Å²) in [5, 5.41) is 3.22. The summed E-state index contributed by atoms with van der Waals surface area (Å²) in [7, 11) is 1.53. The Hall–Kier alpha value is -2.53. The second kappa shape index (κ2) is 9.42. The molecule has 27 heavy (non-hydrogen) atoms. The molecule has 2 aromatic carbocycles. The van der Waals surface area contributed by atoms with E-state index in [4.69, 9.17) is 16.3 Å². The number of rotatable bonds is 7. The smallest absolute Gasteiger partial charge is 0.226 e. The van der Waals surface area contributed by atoms with Gasteiger partial charge >= 0.3 is 0 Å². The highest BCUT2D eigenvalue weighted by Crippen LogP contribution is 2.29. The summed E-state index contributed by atoms with van der Waals surface area (Å²) in [6.07, 6.45) is 0.176. The van der Waals surface area contributed by atoms with Crippen molar-refractivity contribution in [3.05, 3.63) is 53.1 Å². The topological polar surface area (TPSA) is 58.6 Å². The van der Waals surface area contributed by atoms with Gasteiger partial charge in [-0.2, -0.15) is 0 Å². The molecule has 0 spiro atoms. The fourth-order valence-electron chi connectivity index (χ4n) is 2.85. The van der Waals surface area contributed by atoms with Crippen molar-refractivity contribution in [2.24, 2.45) is 0 Å². The molecule has 0 saturated heterocycles. The van der Waals surface area contributed by atoms with E-state index in [2.05, 4.69) is 19.2 Å². The Balaban J connectivity index is 2.07. The number of carbonyl (C=O) groups is 2. The average Bonchev–Trinajstić information content (AvgIpc) is 2.62. The fourth-order valence-corrected chi connectivity index (χ4v) is 3.11. The van der Waals surface area contributed by atoms with Gasteiger partial charge in [-0.15, -0.1) is 0 Å². The van der Waals surface area contributed by atoms with Crippen molar-refractivity contribution in [2.75, 3.05) is 23.9 Å². The van der Waals surface area contributed by atoms with Crippen LogP contribution >= 0.6 is 11.6 Å². The van der Waals surface area contributed by atoms with Gasteiger partial charge in [0, 0.05) is 31.3 Å². The maximum absolute atomic E-state index is 12.3. The molecule has 0 radical (unpaired) electrons. The maximum atomic E-state index is 12.3. The first-order valence-electron chi connectivity index (χ1n) is 8.84. The van der Waals surface area contributed by atoms with Gasteiger partial charge in [0.15, 0.2) is 0 Å². The first kappa shape index (κ1) is 20.8. The van der Waals surface area contributed by atoms with Gasteiger partial charge in [0.25, 0.3) is 0 Å². The van der Waals surface area contributed by atoms with Crippen LogP contribution in [0.2, 0.25) is 5.02 Å². The summed E-state index contributed by atoms with van der Waals surface area (Å²) in [5.74, 6) is 0.536. The number of nitrogens with zero attached hydrogens (tertiary/aromatic N) is 1. The monoisotopic (exact) mass is 388 g/mol. The number of anilines is 2. The van der Waals surface area contributed by atoms with E-state index in [0.717, 1.165) is 11.3 Å². The zero-order valence-electron chi connectivity index (χ0n) is 16.1. The fraction of sp³-hybridized carbons (Fsp3) is 0.333. The van der Waals surface area contributed by atoms with Gasteiger partial charge in [0.1, 0.15) is 5.75 Å². The van der Waals surface area contributed by atoms with Crippen molar-refractivity contribution in [1.29, 1.82) is 0 Å². The molecule has 144 valence electrons. The number of benzene rings is 2. The SMILES string of the molecule is COc1ccc(NC(=O)CCN(C(C)=O)c2ccccc2C(C)C)cc1Cl. The zero-order valence-corrected chi connectivity index (χ0v) is 16.8. The first-order valence-corrected chi connectivity index (χ1v) is 9.21. The third-order valence-electron chi connectivity index (χ3n) is 4.23. The van der Waals surface area contributed by atoms with Crippen LogP contribution in [0.25, 0.3) is 0 Å². The summed E-state index contributed by atoms with van der Waals surface area (Å²) in [4.78, 5) is 26.1. The van der Waals surface area contributed by atoms with E-state index in [1.165, 1.54) is 14.0 Å². The molecule has 0 saturated carbocycles. The largest absolute Gasteiger partial charge is 0.495 e. The lowest BCUT2D eigenvalue weighted by Crippen LogP contribution is -2.32. The molecule has 2 rings (SSSR count). The predicted octanol–water partition coefficient (Wildman–Crippen LogP) is 4.85. The molecular formula is C21H25ClN2O3. The van der Waals surface area contributed by atoms with E-state index < -0.39 is 0 Å². The Morgan fingerprint density at radius 2 is 1.89 bits per heavy atom. The summed E-state index contributed by atoms with van der Waals surface area (Å²) in [6, 6.07) is 12.8. The van der Waals surface area contributed by atoms with Crippen LogP contribution in [-0.4, -0.2) is 25.5 Å².